The Labute approximate surface area is 151 Å². The molecular formula is C21H28ClNO. The Kier molecular flexibility index (Phi) is 6.31. The van der Waals surface area contributed by atoms with Crippen molar-refractivity contribution >= 4 is 12.4 Å². The molecule has 0 unspecified atom stereocenters. The van der Waals surface area contributed by atoms with Crippen LogP contribution >= 0.6 is 12.4 Å². The molecule has 2 aromatic carbocycles. The van der Waals surface area contributed by atoms with Crippen molar-refractivity contribution in [2.45, 2.75) is 45.1 Å². The molecule has 0 aliphatic carbocycles. The molecule has 24 heavy (non-hydrogen) atoms. The van der Waals surface area contributed by atoms with Crippen LogP contribution in [-0.4, -0.2) is 23.1 Å². The number of phenols is 1. The minimum atomic E-state index is -0.0639. The largest absolute Gasteiger partial charge is 0.508 e. The summed E-state index contributed by atoms with van der Waals surface area (Å²) in [6.45, 7) is 7.64. The van der Waals surface area contributed by atoms with Gasteiger partial charge >= 0.3 is 0 Å². The predicted octanol–water partition coefficient (Wildman–Crippen LogP) is 5.13. The standard InChI is InChI=1S/C21H27NO.ClH/c1-21(2,18-9-5-3-6-10-18)19-11-12-20(23)17(15-19)16-22-13-7-4-8-14-22;/h3,5-6,9-12,15,23H,4,7-8,13-14,16H2,1-2H3;1H. The van der Waals surface area contributed by atoms with Crippen molar-refractivity contribution in [3.63, 3.8) is 0 Å². The molecule has 1 saturated heterocycles. The van der Waals surface area contributed by atoms with Crippen LogP contribution in [0.5, 0.6) is 5.75 Å². The first-order valence-corrected chi connectivity index (χ1v) is 8.67. The van der Waals surface area contributed by atoms with Gasteiger partial charge in [0.05, 0.1) is 0 Å². The molecule has 0 aromatic heterocycles. The molecule has 0 atom stereocenters. The highest BCUT2D eigenvalue weighted by atomic mass is 35.5. The number of benzene rings is 2. The molecule has 1 N–H and O–H groups in total. The Bertz CT molecular complexity index is 648. The zero-order chi connectivity index (χ0) is 16.3. The van der Waals surface area contributed by atoms with Crippen molar-refractivity contribution in [2.75, 3.05) is 13.1 Å². The molecule has 130 valence electrons. The molecule has 3 heteroatoms. The van der Waals surface area contributed by atoms with Gasteiger partial charge in [-0.1, -0.05) is 56.7 Å². The van der Waals surface area contributed by atoms with Crippen LogP contribution in [0.3, 0.4) is 0 Å². The number of rotatable bonds is 4. The van der Waals surface area contributed by atoms with Gasteiger partial charge in [-0.3, -0.25) is 4.90 Å². The summed E-state index contributed by atoms with van der Waals surface area (Å²) in [7, 11) is 0. The quantitative estimate of drug-likeness (QED) is 0.830. The van der Waals surface area contributed by atoms with Gasteiger partial charge in [0.2, 0.25) is 0 Å². The molecule has 1 aliphatic heterocycles. The number of halogens is 1. The Balaban J connectivity index is 0.00000208. The van der Waals surface area contributed by atoms with E-state index in [1.165, 1.54) is 30.4 Å². The summed E-state index contributed by atoms with van der Waals surface area (Å²) >= 11 is 0. The van der Waals surface area contributed by atoms with Gasteiger partial charge in [-0.2, -0.15) is 0 Å². The third-order valence-electron chi connectivity index (χ3n) is 5.14. The van der Waals surface area contributed by atoms with E-state index in [2.05, 4.69) is 61.2 Å². The van der Waals surface area contributed by atoms with Crippen molar-refractivity contribution < 1.29 is 5.11 Å². The Hall–Kier alpha value is -1.51. The van der Waals surface area contributed by atoms with Gasteiger partial charge in [-0.15, -0.1) is 12.4 Å². The van der Waals surface area contributed by atoms with Crippen LogP contribution in [0.1, 0.15) is 49.8 Å². The Morgan fingerprint density at radius 1 is 0.917 bits per heavy atom. The van der Waals surface area contributed by atoms with Gasteiger partial charge in [0.15, 0.2) is 0 Å². The zero-order valence-corrected chi connectivity index (χ0v) is 15.5. The van der Waals surface area contributed by atoms with Crippen LogP contribution in [0.2, 0.25) is 0 Å². The third kappa shape index (κ3) is 4.12. The van der Waals surface area contributed by atoms with E-state index < -0.39 is 0 Å². The summed E-state index contributed by atoms with van der Waals surface area (Å²) in [6.07, 6.45) is 3.88. The summed E-state index contributed by atoms with van der Waals surface area (Å²) < 4.78 is 0. The first-order valence-electron chi connectivity index (χ1n) is 8.67. The smallest absolute Gasteiger partial charge is 0.120 e. The molecule has 1 fully saturated rings. The molecule has 1 heterocycles. The molecule has 0 spiro atoms. The van der Waals surface area contributed by atoms with Gasteiger partial charge < -0.3 is 5.11 Å². The Morgan fingerprint density at radius 3 is 2.25 bits per heavy atom. The van der Waals surface area contributed by atoms with E-state index in [-0.39, 0.29) is 17.8 Å². The number of nitrogens with zero attached hydrogens (tertiary/aromatic N) is 1. The number of likely N-dealkylation sites (tertiary alicyclic amines) is 1. The SMILES string of the molecule is CC(C)(c1ccccc1)c1ccc(O)c(CN2CCCCC2)c1.Cl. The van der Waals surface area contributed by atoms with E-state index >= 15 is 0 Å². The number of aromatic hydroxyl groups is 1. The fraction of sp³-hybridized carbons (Fsp3) is 0.429. The lowest BCUT2D eigenvalue weighted by atomic mass is 9.77. The summed E-state index contributed by atoms with van der Waals surface area (Å²) in [5, 5.41) is 10.3. The maximum absolute atomic E-state index is 10.3. The van der Waals surface area contributed by atoms with Crippen LogP contribution < -0.4 is 0 Å². The second-order valence-electron chi connectivity index (χ2n) is 7.17. The highest BCUT2D eigenvalue weighted by Crippen LogP contribution is 2.34. The molecule has 3 rings (SSSR count). The lowest BCUT2D eigenvalue weighted by Gasteiger charge is -2.29. The molecule has 0 radical (unpaired) electrons. The summed E-state index contributed by atoms with van der Waals surface area (Å²) in [5.41, 5.74) is 3.54. The molecule has 0 amide bonds. The van der Waals surface area contributed by atoms with Crippen molar-refractivity contribution in [2.24, 2.45) is 0 Å². The van der Waals surface area contributed by atoms with Crippen LogP contribution in [0.4, 0.5) is 0 Å². The van der Waals surface area contributed by atoms with Crippen LogP contribution in [-0.2, 0) is 12.0 Å². The van der Waals surface area contributed by atoms with Gasteiger partial charge in [0.1, 0.15) is 5.75 Å². The van der Waals surface area contributed by atoms with Gasteiger partial charge in [0, 0.05) is 17.5 Å². The number of hydrogen-bond donors (Lipinski definition) is 1. The van der Waals surface area contributed by atoms with Crippen molar-refractivity contribution in [1.82, 2.24) is 4.90 Å². The maximum atomic E-state index is 10.3. The first kappa shape index (κ1) is 18.8. The van der Waals surface area contributed by atoms with E-state index in [0.717, 1.165) is 25.2 Å². The Morgan fingerprint density at radius 2 is 1.58 bits per heavy atom. The average molecular weight is 346 g/mol. The van der Waals surface area contributed by atoms with Gasteiger partial charge in [-0.05, 0) is 49.2 Å². The third-order valence-corrected chi connectivity index (χ3v) is 5.14. The molecule has 2 aromatic rings. The maximum Gasteiger partial charge on any atom is 0.120 e. The van der Waals surface area contributed by atoms with Gasteiger partial charge in [0.25, 0.3) is 0 Å². The topological polar surface area (TPSA) is 23.5 Å². The number of phenolic OH excluding ortho intramolecular Hbond substituents is 1. The highest BCUT2D eigenvalue weighted by molar-refractivity contribution is 5.85. The van der Waals surface area contributed by atoms with Gasteiger partial charge in [-0.25, -0.2) is 0 Å². The minimum Gasteiger partial charge on any atom is -0.508 e. The second-order valence-corrected chi connectivity index (χ2v) is 7.17. The second kappa shape index (κ2) is 8.04. The fourth-order valence-corrected chi connectivity index (χ4v) is 3.48. The molecule has 1 aliphatic rings. The highest BCUT2D eigenvalue weighted by Gasteiger charge is 2.24. The molecule has 2 nitrogen and oxygen atoms in total. The molecule has 0 saturated carbocycles. The normalized spacial score (nSPS) is 15.8. The monoisotopic (exact) mass is 345 g/mol. The van der Waals surface area contributed by atoms with E-state index in [9.17, 15) is 5.11 Å². The lowest BCUT2D eigenvalue weighted by Crippen LogP contribution is -2.29. The lowest BCUT2D eigenvalue weighted by molar-refractivity contribution is 0.218. The summed E-state index contributed by atoms with van der Waals surface area (Å²) in [4.78, 5) is 2.46. The average Bonchev–Trinajstić information content (AvgIpc) is 2.58. The minimum absolute atomic E-state index is 0. The first-order chi connectivity index (χ1) is 11.1. The molecule has 0 bridgehead atoms. The molecular weight excluding hydrogens is 318 g/mol. The van der Waals surface area contributed by atoms with Crippen molar-refractivity contribution in [3.8, 4) is 5.75 Å². The van der Waals surface area contributed by atoms with E-state index in [4.69, 9.17) is 0 Å². The number of piperidine rings is 1. The van der Waals surface area contributed by atoms with Crippen molar-refractivity contribution in [3.05, 3.63) is 65.2 Å². The predicted molar refractivity (Wildman–Crippen MR) is 103 cm³/mol. The van der Waals surface area contributed by atoms with Crippen LogP contribution in [0.15, 0.2) is 48.5 Å². The summed E-state index contributed by atoms with van der Waals surface area (Å²) in [6, 6.07) is 16.7. The van der Waals surface area contributed by atoms with E-state index in [0.29, 0.717) is 5.75 Å². The fourth-order valence-electron chi connectivity index (χ4n) is 3.48. The van der Waals surface area contributed by atoms with Crippen LogP contribution in [0, 0.1) is 0 Å². The van der Waals surface area contributed by atoms with Crippen LogP contribution in [0.25, 0.3) is 0 Å². The van der Waals surface area contributed by atoms with E-state index in [1.54, 1.807) is 0 Å². The van der Waals surface area contributed by atoms with Crippen molar-refractivity contribution in [1.29, 1.82) is 0 Å². The zero-order valence-electron chi connectivity index (χ0n) is 14.7. The number of hydrogen-bond acceptors (Lipinski definition) is 2. The summed E-state index contributed by atoms with van der Waals surface area (Å²) in [5.74, 6) is 0.420. The van der Waals surface area contributed by atoms with E-state index in [1.807, 2.05) is 6.07 Å².